The highest BCUT2D eigenvalue weighted by Gasteiger charge is 2.59. The molecule has 0 spiro atoms. The van der Waals surface area contributed by atoms with Crippen molar-refractivity contribution in [3.8, 4) is 11.4 Å². The predicted octanol–water partition coefficient (Wildman–Crippen LogP) is 6.06. The molecule has 6 rings (SSSR count). The highest BCUT2D eigenvalue weighted by Crippen LogP contribution is 2.67. The largest absolute Gasteiger partial charge is 0.497 e. The summed E-state index contributed by atoms with van der Waals surface area (Å²) in [6, 6.07) is 9.81. The number of aromatic nitrogens is 2. The average Bonchev–Trinajstić information content (AvgIpc) is 3.49. The van der Waals surface area contributed by atoms with E-state index in [1.807, 2.05) is 41.1 Å². The number of fused-ring (bicyclic) bond motifs is 5. The van der Waals surface area contributed by atoms with E-state index in [4.69, 9.17) is 14.6 Å². The molecule has 0 N–H and O–H groups in total. The quantitative estimate of drug-likeness (QED) is 0.477. The first-order chi connectivity index (χ1) is 17.8. The number of methoxy groups -OCH3 is 2. The SMILES string of the molecule is COC(=O)c1cc([C@H]2CC[C@H]3[C@@H]4CCC5=CC(=O)C=C[C@]5(C)[C@H]4CC[C@]23C)n(-c2ccc(OC)cc2)n1. The summed E-state index contributed by atoms with van der Waals surface area (Å²) in [5.41, 5.74) is 3.83. The molecule has 1 aromatic carbocycles. The molecule has 0 bridgehead atoms. The van der Waals surface area contributed by atoms with Gasteiger partial charge in [-0.2, -0.15) is 5.10 Å². The Morgan fingerprint density at radius 1 is 1.05 bits per heavy atom. The Kier molecular flexibility index (Phi) is 5.70. The molecule has 3 fully saturated rings. The average molecular weight is 501 g/mol. The molecule has 6 atom stereocenters. The van der Waals surface area contributed by atoms with E-state index in [0.29, 0.717) is 29.4 Å². The van der Waals surface area contributed by atoms with E-state index >= 15 is 0 Å². The summed E-state index contributed by atoms with van der Waals surface area (Å²) in [5.74, 6) is 2.65. The van der Waals surface area contributed by atoms with Gasteiger partial charge in [-0.1, -0.05) is 25.5 Å². The number of hydrogen-bond acceptors (Lipinski definition) is 5. The molecule has 6 heteroatoms. The van der Waals surface area contributed by atoms with Gasteiger partial charge in [0.15, 0.2) is 11.5 Å². The Hall–Kier alpha value is -3.15. The van der Waals surface area contributed by atoms with Crippen LogP contribution < -0.4 is 4.74 Å². The monoisotopic (exact) mass is 500 g/mol. The van der Waals surface area contributed by atoms with Crippen LogP contribution in [0.5, 0.6) is 5.75 Å². The van der Waals surface area contributed by atoms with E-state index < -0.39 is 5.97 Å². The molecule has 37 heavy (non-hydrogen) atoms. The molecule has 1 heterocycles. The standard InChI is InChI=1S/C31H36N2O4/c1-30-15-13-21(34)17-19(30)5-10-23-24-11-12-26(31(24,2)16-14-25(23)30)28-18-27(29(35)37-4)32-33(28)20-6-8-22(36-3)9-7-20/h6-9,13,15,17-18,23-26H,5,10-12,14,16H2,1-4H3/t23-,24-,25-,26+,30-,31-/m0/s1. The van der Waals surface area contributed by atoms with Crippen molar-refractivity contribution < 1.29 is 19.1 Å². The summed E-state index contributed by atoms with van der Waals surface area (Å²) in [5, 5.41) is 4.73. The Morgan fingerprint density at radius 2 is 1.84 bits per heavy atom. The number of nitrogens with zero attached hydrogens (tertiary/aromatic N) is 2. The lowest BCUT2D eigenvalue weighted by Crippen LogP contribution is -2.49. The first kappa shape index (κ1) is 24.2. The van der Waals surface area contributed by atoms with E-state index in [0.717, 1.165) is 49.2 Å². The molecular weight excluding hydrogens is 464 g/mol. The number of carbonyl (C=O) groups is 2. The third-order valence-electron chi connectivity index (χ3n) is 10.4. The van der Waals surface area contributed by atoms with Gasteiger partial charge in [0.2, 0.25) is 0 Å². The molecule has 3 saturated carbocycles. The lowest BCUT2D eigenvalue weighted by Gasteiger charge is -2.57. The first-order valence-electron chi connectivity index (χ1n) is 13.6. The van der Waals surface area contributed by atoms with Crippen molar-refractivity contribution in [2.45, 2.75) is 58.3 Å². The normalized spacial score (nSPS) is 34.3. The topological polar surface area (TPSA) is 70.4 Å². The van der Waals surface area contributed by atoms with E-state index in [9.17, 15) is 9.59 Å². The fraction of sp³-hybridized carbons (Fsp3) is 0.516. The second-order valence-corrected chi connectivity index (χ2v) is 11.8. The van der Waals surface area contributed by atoms with Gasteiger partial charge in [0, 0.05) is 17.0 Å². The predicted molar refractivity (Wildman–Crippen MR) is 141 cm³/mol. The number of carbonyl (C=O) groups excluding carboxylic acids is 2. The Bertz CT molecular complexity index is 1300. The molecule has 0 radical (unpaired) electrons. The van der Waals surface area contributed by atoms with Crippen molar-refractivity contribution in [2.75, 3.05) is 14.2 Å². The van der Waals surface area contributed by atoms with Gasteiger partial charge in [-0.3, -0.25) is 4.79 Å². The van der Waals surface area contributed by atoms with Gasteiger partial charge in [0.1, 0.15) is 5.75 Å². The highest BCUT2D eigenvalue weighted by atomic mass is 16.5. The van der Waals surface area contributed by atoms with Gasteiger partial charge >= 0.3 is 5.97 Å². The van der Waals surface area contributed by atoms with Crippen molar-refractivity contribution in [3.63, 3.8) is 0 Å². The van der Waals surface area contributed by atoms with Crippen molar-refractivity contribution in [1.82, 2.24) is 9.78 Å². The van der Waals surface area contributed by atoms with Gasteiger partial charge in [0.25, 0.3) is 0 Å². The second kappa shape index (κ2) is 8.71. The fourth-order valence-corrected chi connectivity index (χ4v) is 8.46. The molecule has 1 aromatic heterocycles. The van der Waals surface area contributed by atoms with E-state index in [1.165, 1.54) is 19.1 Å². The smallest absolute Gasteiger partial charge is 0.358 e. The van der Waals surface area contributed by atoms with Crippen molar-refractivity contribution in [2.24, 2.45) is 28.6 Å². The molecular formula is C31H36N2O4. The minimum absolute atomic E-state index is 0.000829. The van der Waals surface area contributed by atoms with Crippen molar-refractivity contribution in [1.29, 1.82) is 0 Å². The highest BCUT2D eigenvalue weighted by molar-refractivity contribution is 6.01. The maximum Gasteiger partial charge on any atom is 0.358 e. The Labute approximate surface area is 218 Å². The number of ketones is 1. The lowest BCUT2D eigenvalue weighted by molar-refractivity contribution is -0.111. The maximum absolute atomic E-state index is 12.5. The molecule has 4 aliphatic rings. The van der Waals surface area contributed by atoms with Gasteiger partial charge in [0.05, 0.1) is 19.9 Å². The first-order valence-corrected chi connectivity index (χ1v) is 13.6. The third kappa shape index (κ3) is 3.63. The van der Waals surface area contributed by atoms with Crippen LogP contribution in [0.15, 0.2) is 54.1 Å². The molecule has 4 aliphatic carbocycles. The summed E-state index contributed by atoms with van der Waals surface area (Å²) in [4.78, 5) is 24.6. The number of esters is 1. The van der Waals surface area contributed by atoms with Gasteiger partial charge in [-0.25, -0.2) is 9.48 Å². The van der Waals surface area contributed by atoms with Gasteiger partial charge in [-0.15, -0.1) is 0 Å². The van der Waals surface area contributed by atoms with Crippen molar-refractivity contribution in [3.05, 3.63) is 65.5 Å². The Balaban J connectivity index is 1.36. The summed E-state index contributed by atoms with van der Waals surface area (Å²) in [6.07, 6.45) is 12.6. The zero-order chi connectivity index (χ0) is 25.9. The van der Waals surface area contributed by atoms with E-state index in [1.54, 1.807) is 13.2 Å². The van der Waals surface area contributed by atoms with Crippen LogP contribution in [0.4, 0.5) is 0 Å². The van der Waals surface area contributed by atoms with Crippen LogP contribution in [-0.2, 0) is 9.53 Å². The third-order valence-corrected chi connectivity index (χ3v) is 10.4. The molecule has 194 valence electrons. The zero-order valence-corrected chi connectivity index (χ0v) is 22.2. The van der Waals surface area contributed by atoms with Crippen LogP contribution in [0.1, 0.15) is 74.5 Å². The van der Waals surface area contributed by atoms with Crippen molar-refractivity contribution >= 4 is 11.8 Å². The van der Waals surface area contributed by atoms with E-state index in [2.05, 4.69) is 19.9 Å². The second-order valence-electron chi connectivity index (χ2n) is 11.8. The van der Waals surface area contributed by atoms with Crippen LogP contribution in [0.25, 0.3) is 5.69 Å². The van der Waals surface area contributed by atoms with Crippen LogP contribution in [0.3, 0.4) is 0 Å². The van der Waals surface area contributed by atoms with Gasteiger partial charge < -0.3 is 9.47 Å². The summed E-state index contributed by atoms with van der Waals surface area (Å²) in [7, 11) is 3.06. The summed E-state index contributed by atoms with van der Waals surface area (Å²) in [6.45, 7) is 4.83. The number of rotatable bonds is 4. The summed E-state index contributed by atoms with van der Waals surface area (Å²) >= 11 is 0. The molecule has 0 aliphatic heterocycles. The number of benzene rings is 1. The number of ether oxygens (including phenoxy) is 2. The Morgan fingerprint density at radius 3 is 2.57 bits per heavy atom. The molecule has 2 aromatic rings. The fourth-order valence-electron chi connectivity index (χ4n) is 8.46. The summed E-state index contributed by atoms with van der Waals surface area (Å²) < 4.78 is 12.3. The number of allylic oxidation sites excluding steroid dienone is 4. The zero-order valence-electron chi connectivity index (χ0n) is 22.2. The lowest BCUT2D eigenvalue weighted by atomic mass is 9.47. The van der Waals surface area contributed by atoms with Crippen LogP contribution >= 0.6 is 0 Å². The molecule has 0 saturated heterocycles. The van der Waals surface area contributed by atoms with Crippen LogP contribution in [-0.4, -0.2) is 35.8 Å². The molecule has 0 amide bonds. The number of hydrogen-bond donors (Lipinski definition) is 0. The maximum atomic E-state index is 12.5. The minimum atomic E-state index is -0.407. The molecule has 0 unspecified atom stereocenters. The van der Waals surface area contributed by atoms with E-state index in [-0.39, 0.29) is 16.6 Å². The minimum Gasteiger partial charge on any atom is -0.497 e. The van der Waals surface area contributed by atoms with Gasteiger partial charge in [-0.05, 0) is 104 Å². The van der Waals surface area contributed by atoms with Crippen LogP contribution in [0.2, 0.25) is 0 Å². The molecule has 6 nitrogen and oxygen atoms in total. The van der Waals surface area contributed by atoms with Crippen LogP contribution in [0, 0.1) is 28.6 Å².